The predicted molar refractivity (Wildman–Crippen MR) is 106 cm³/mol. The fourth-order valence-corrected chi connectivity index (χ4v) is 2.64. The van der Waals surface area contributed by atoms with E-state index in [-0.39, 0.29) is 5.56 Å². The summed E-state index contributed by atoms with van der Waals surface area (Å²) in [6, 6.07) is 16.9. The van der Waals surface area contributed by atoms with Crippen LogP contribution in [0.3, 0.4) is 0 Å². The molecule has 148 valence electrons. The number of hydrogen-bond acceptors (Lipinski definition) is 5. The van der Waals surface area contributed by atoms with E-state index in [0.29, 0.717) is 5.69 Å². The summed E-state index contributed by atoms with van der Waals surface area (Å²) >= 11 is 0. The smallest absolute Gasteiger partial charge is 0.342 e. The van der Waals surface area contributed by atoms with Gasteiger partial charge in [0.25, 0.3) is 5.91 Å². The standard InChI is InChI=1S/C21H20N4O4/c1-14-7-6-8-16(11-14)20-18(12-25(24-20)17-9-4-3-5-10-17)21(28)29-13-19(27)23-22-15(2)26/h3-12H,13H2,1-2H3,(H,22,26)(H,23,27). The van der Waals surface area contributed by atoms with Gasteiger partial charge < -0.3 is 4.74 Å². The molecule has 1 heterocycles. The summed E-state index contributed by atoms with van der Waals surface area (Å²) in [5.74, 6) is -1.78. The van der Waals surface area contributed by atoms with Crippen LogP contribution in [0.2, 0.25) is 0 Å². The Labute approximate surface area is 167 Å². The van der Waals surface area contributed by atoms with E-state index in [9.17, 15) is 14.4 Å². The third-order valence-electron chi connectivity index (χ3n) is 3.96. The third kappa shape index (κ3) is 5.07. The molecule has 3 rings (SSSR count). The maximum absolute atomic E-state index is 12.7. The topological polar surface area (TPSA) is 102 Å². The summed E-state index contributed by atoms with van der Waals surface area (Å²) in [5.41, 5.74) is 7.51. The number of rotatable bonds is 5. The van der Waals surface area contributed by atoms with Crippen LogP contribution in [-0.2, 0) is 14.3 Å². The second kappa shape index (κ2) is 8.83. The molecule has 0 fully saturated rings. The van der Waals surface area contributed by atoms with Gasteiger partial charge in [-0.15, -0.1) is 0 Å². The molecule has 8 heteroatoms. The van der Waals surface area contributed by atoms with Crippen LogP contribution in [-0.4, -0.2) is 34.2 Å². The summed E-state index contributed by atoms with van der Waals surface area (Å²) < 4.78 is 6.70. The van der Waals surface area contributed by atoms with E-state index in [2.05, 4.69) is 16.0 Å². The van der Waals surface area contributed by atoms with E-state index < -0.39 is 24.4 Å². The highest BCUT2D eigenvalue weighted by molar-refractivity contribution is 5.97. The third-order valence-corrected chi connectivity index (χ3v) is 3.96. The number of aryl methyl sites for hydroxylation is 1. The summed E-state index contributed by atoms with van der Waals surface area (Å²) in [4.78, 5) is 35.2. The number of hydrazine groups is 1. The van der Waals surface area contributed by atoms with Crippen LogP contribution in [0.15, 0.2) is 60.8 Å². The number of ether oxygens (including phenoxy) is 1. The van der Waals surface area contributed by atoms with Gasteiger partial charge in [0.05, 0.1) is 5.69 Å². The predicted octanol–water partition coefficient (Wildman–Crippen LogP) is 2.17. The molecular weight excluding hydrogens is 372 g/mol. The van der Waals surface area contributed by atoms with Crippen molar-refractivity contribution >= 4 is 17.8 Å². The molecule has 0 aliphatic rings. The molecule has 2 N–H and O–H groups in total. The van der Waals surface area contributed by atoms with Crippen LogP contribution in [0.4, 0.5) is 0 Å². The molecule has 0 atom stereocenters. The van der Waals surface area contributed by atoms with E-state index in [1.54, 1.807) is 10.9 Å². The minimum absolute atomic E-state index is 0.229. The van der Waals surface area contributed by atoms with E-state index in [1.165, 1.54) is 6.92 Å². The summed E-state index contributed by atoms with van der Waals surface area (Å²) in [6.45, 7) is 2.66. The van der Waals surface area contributed by atoms with Crippen LogP contribution in [0.25, 0.3) is 16.9 Å². The SMILES string of the molecule is CC(=O)NNC(=O)COC(=O)c1cn(-c2ccccc2)nc1-c1cccc(C)c1. The van der Waals surface area contributed by atoms with Crippen molar-refractivity contribution in [2.75, 3.05) is 6.61 Å². The van der Waals surface area contributed by atoms with Crippen molar-refractivity contribution in [3.63, 3.8) is 0 Å². The van der Waals surface area contributed by atoms with Gasteiger partial charge in [-0.05, 0) is 25.1 Å². The second-order valence-corrected chi connectivity index (χ2v) is 6.35. The van der Waals surface area contributed by atoms with Crippen LogP contribution < -0.4 is 10.9 Å². The zero-order chi connectivity index (χ0) is 20.8. The molecule has 0 aliphatic heterocycles. The van der Waals surface area contributed by atoms with Gasteiger partial charge in [0, 0.05) is 18.7 Å². The van der Waals surface area contributed by atoms with Crippen molar-refractivity contribution in [2.24, 2.45) is 0 Å². The highest BCUT2D eigenvalue weighted by Gasteiger charge is 2.21. The Balaban J connectivity index is 1.87. The average molecular weight is 392 g/mol. The van der Waals surface area contributed by atoms with E-state index >= 15 is 0 Å². The number of aromatic nitrogens is 2. The fourth-order valence-electron chi connectivity index (χ4n) is 2.64. The Kier molecular flexibility index (Phi) is 6.03. The minimum atomic E-state index is -0.693. The first kappa shape index (κ1) is 19.8. The first-order valence-corrected chi connectivity index (χ1v) is 8.88. The number of carbonyl (C=O) groups is 3. The van der Waals surface area contributed by atoms with Crippen molar-refractivity contribution in [3.8, 4) is 16.9 Å². The zero-order valence-corrected chi connectivity index (χ0v) is 16.0. The van der Waals surface area contributed by atoms with Gasteiger partial charge in [0.2, 0.25) is 5.91 Å². The maximum atomic E-state index is 12.7. The van der Waals surface area contributed by atoms with Crippen molar-refractivity contribution in [1.82, 2.24) is 20.6 Å². The molecule has 0 unspecified atom stereocenters. The number of nitrogens with one attached hydrogen (secondary N) is 2. The average Bonchev–Trinajstić information content (AvgIpc) is 3.17. The normalized spacial score (nSPS) is 10.3. The first-order chi connectivity index (χ1) is 13.9. The second-order valence-electron chi connectivity index (χ2n) is 6.35. The number of carbonyl (C=O) groups excluding carboxylic acids is 3. The Morgan fingerprint density at radius 2 is 1.79 bits per heavy atom. The molecule has 3 aromatic rings. The van der Waals surface area contributed by atoms with Gasteiger partial charge in [0.15, 0.2) is 6.61 Å². The van der Waals surface area contributed by atoms with E-state index in [1.807, 2.05) is 61.5 Å². The number of hydrogen-bond donors (Lipinski definition) is 2. The zero-order valence-electron chi connectivity index (χ0n) is 16.0. The molecule has 0 saturated carbocycles. The Hall–Kier alpha value is -3.94. The van der Waals surface area contributed by atoms with Gasteiger partial charge >= 0.3 is 5.97 Å². The molecular formula is C21H20N4O4. The van der Waals surface area contributed by atoms with Gasteiger partial charge in [-0.25, -0.2) is 9.48 Å². The van der Waals surface area contributed by atoms with Gasteiger partial charge in [-0.2, -0.15) is 5.10 Å². The molecule has 0 radical (unpaired) electrons. The first-order valence-electron chi connectivity index (χ1n) is 8.88. The molecule has 8 nitrogen and oxygen atoms in total. The van der Waals surface area contributed by atoms with Crippen molar-refractivity contribution in [1.29, 1.82) is 0 Å². The molecule has 2 aromatic carbocycles. The van der Waals surface area contributed by atoms with E-state index in [0.717, 1.165) is 16.8 Å². The van der Waals surface area contributed by atoms with Gasteiger partial charge in [0.1, 0.15) is 11.3 Å². The molecule has 2 amide bonds. The Morgan fingerprint density at radius 3 is 2.48 bits per heavy atom. The van der Waals surface area contributed by atoms with Crippen LogP contribution in [0, 0.1) is 6.92 Å². The number of benzene rings is 2. The highest BCUT2D eigenvalue weighted by Crippen LogP contribution is 2.25. The van der Waals surface area contributed by atoms with Crippen molar-refractivity contribution in [3.05, 3.63) is 71.9 Å². The lowest BCUT2D eigenvalue weighted by Crippen LogP contribution is -2.42. The molecule has 1 aromatic heterocycles. The number of amides is 2. The number of esters is 1. The lowest BCUT2D eigenvalue weighted by Gasteiger charge is -2.07. The summed E-state index contributed by atoms with van der Waals surface area (Å²) in [6.07, 6.45) is 1.57. The summed E-state index contributed by atoms with van der Waals surface area (Å²) in [5, 5.41) is 4.56. The van der Waals surface area contributed by atoms with Gasteiger partial charge in [-0.3, -0.25) is 20.4 Å². The quantitative estimate of drug-likeness (QED) is 0.512. The van der Waals surface area contributed by atoms with Crippen LogP contribution >= 0.6 is 0 Å². The van der Waals surface area contributed by atoms with Crippen molar-refractivity contribution in [2.45, 2.75) is 13.8 Å². The lowest BCUT2D eigenvalue weighted by atomic mass is 10.1. The van der Waals surface area contributed by atoms with Crippen LogP contribution in [0.1, 0.15) is 22.8 Å². The molecule has 0 saturated heterocycles. The van der Waals surface area contributed by atoms with Crippen molar-refractivity contribution < 1.29 is 19.1 Å². The van der Waals surface area contributed by atoms with E-state index in [4.69, 9.17) is 4.74 Å². The number of para-hydroxylation sites is 1. The largest absolute Gasteiger partial charge is 0.452 e. The number of nitrogens with zero attached hydrogens (tertiary/aromatic N) is 2. The maximum Gasteiger partial charge on any atom is 0.342 e. The minimum Gasteiger partial charge on any atom is -0.452 e. The fraction of sp³-hybridized carbons (Fsp3) is 0.143. The lowest BCUT2D eigenvalue weighted by molar-refractivity contribution is -0.129. The summed E-state index contributed by atoms with van der Waals surface area (Å²) in [7, 11) is 0. The monoisotopic (exact) mass is 392 g/mol. The molecule has 0 aliphatic carbocycles. The molecule has 29 heavy (non-hydrogen) atoms. The Bertz CT molecular complexity index is 1040. The Morgan fingerprint density at radius 1 is 1.03 bits per heavy atom. The highest BCUT2D eigenvalue weighted by atomic mass is 16.5. The van der Waals surface area contributed by atoms with Gasteiger partial charge in [-0.1, -0.05) is 42.0 Å². The molecule has 0 spiro atoms. The van der Waals surface area contributed by atoms with Crippen LogP contribution in [0.5, 0.6) is 0 Å². The molecule has 0 bridgehead atoms.